The van der Waals surface area contributed by atoms with E-state index in [2.05, 4.69) is 10.2 Å². The lowest BCUT2D eigenvalue weighted by Gasteiger charge is -2.41. The number of aliphatic hydroxyl groups excluding tert-OH is 1. The number of amides is 2. The molecule has 0 aliphatic carbocycles. The Morgan fingerprint density at radius 2 is 1.96 bits per heavy atom. The van der Waals surface area contributed by atoms with Gasteiger partial charge in [-0.05, 0) is 62.4 Å². The molecule has 3 rings (SSSR count). The van der Waals surface area contributed by atoms with Crippen molar-refractivity contribution in [3.05, 3.63) is 33.3 Å². The molecule has 2 N–H and O–H groups in total. The standard InChI is InChI=1S/C19H27Cl2N3O2/c1-13-9-14(20)10-18(21)17(13)11-22-19(26)23-7-4-15(5-8-23)24-6-2-3-16(25)12-24/h9-10,15-16,25H,2-8,11-12H2,1H3,(H,22,26). The fourth-order valence-electron chi connectivity index (χ4n) is 3.98. The summed E-state index contributed by atoms with van der Waals surface area (Å²) in [4.78, 5) is 16.7. The summed E-state index contributed by atoms with van der Waals surface area (Å²) >= 11 is 12.2. The first-order valence-corrected chi connectivity index (χ1v) is 10.1. The van der Waals surface area contributed by atoms with Crippen LogP contribution in [0.2, 0.25) is 10.0 Å². The zero-order chi connectivity index (χ0) is 18.7. The van der Waals surface area contributed by atoms with Gasteiger partial charge in [0.05, 0.1) is 6.10 Å². The zero-order valence-electron chi connectivity index (χ0n) is 15.2. The number of hydrogen-bond acceptors (Lipinski definition) is 3. The summed E-state index contributed by atoms with van der Waals surface area (Å²) in [5.74, 6) is 0. The average Bonchev–Trinajstić information content (AvgIpc) is 2.61. The number of likely N-dealkylation sites (tertiary alicyclic amines) is 2. The Hall–Kier alpha value is -1.01. The van der Waals surface area contributed by atoms with Crippen molar-refractivity contribution in [2.24, 2.45) is 0 Å². The predicted molar refractivity (Wildman–Crippen MR) is 105 cm³/mol. The van der Waals surface area contributed by atoms with Crippen molar-refractivity contribution < 1.29 is 9.90 Å². The van der Waals surface area contributed by atoms with E-state index < -0.39 is 0 Å². The topological polar surface area (TPSA) is 55.8 Å². The number of piperidine rings is 2. The minimum atomic E-state index is -0.197. The van der Waals surface area contributed by atoms with E-state index in [9.17, 15) is 9.90 Å². The number of nitrogens with zero attached hydrogens (tertiary/aromatic N) is 2. The van der Waals surface area contributed by atoms with Crippen LogP contribution >= 0.6 is 23.2 Å². The summed E-state index contributed by atoms with van der Waals surface area (Å²) in [6.07, 6.45) is 3.69. The Bertz CT molecular complexity index is 625. The van der Waals surface area contributed by atoms with Gasteiger partial charge in [0.2, 0.25) is 0 Å². The molecule has 0 bridgehead atoms. The molecule has 1 aromatic rings. The summed E-state index contributed by atoms with van der Waals surface area (Å²) in [6, 6.07) is 3.98. The maximum absolute atomic E-state index is 12.5. The van der Waals surface area contributed by atoms with Crippen LogP contribution in [0.4, 0.5) is 4.79 Å². The van der Waals surface area contributed by atoms with Gasteiger partial charge in [0.1, 0.15) is 0 Å². The molecule has 5 nitrogen and oxygen atoms in total. The van der Waals surface area contributed by atoms with Gasteiger partial charge < -0.3 is 15.3 Å². The lowest BCUT2D eigenvalue weighted by atomic mass is 9.99. The summed E-state index contributed by atoms with van der Waals surface area (Å²) < 4.78 is 0. The van der Waals surface area contributed by atoms with Crippen LogP contribution in [0, 0.1) is 6.92 Å². The van der Waals surface area contributed by atoms with Crippen LogP contribution in [0.15, 0.2) is 12.1 Å². The molecule has 7 heteroatoms. The van der Waals surface area contributed by atoms with Crippen molar-refractivity contribution in [2.75, 3.05) is 26.2 Å². The highest BCUT2D eigenvalue weighted by atomic mass is 35.5. The molecular weight excluding hydrogens is 373 g/mol. The average molecular weight is 400 g/mol. The minimum Gasteiger partial charge on any atom is -0.392 e. The zero-order valence-corrected chi connectivity index (χ0v) is 16.7. The van der Waals surface area contributed by atoms with E-state index in [1.165, 1.54) is 0 Å². The Morgan fingerprint density at radius 3 is 2.62 bits per heavy atom. The Morgan fingerprint density at radius 1 is 1.23 bits per heavy atom. The lowest BCUT2D eigenvalue weighted by molar-refractivity contribution is 0.0291. The van der Waals surface area contributed by atoms with E-state index >= 15 is 0 Å². The number of β-amino-alcohol motifs (C(OH)–C–C–N with tert-alkyl or cyclic N) is 1. The number of benzene rings is 1. The van der Waals surface area contributed by atoms with Crippen LogP contribution in [0.3, 0.4) is 0 Å². The number of rotatable bonds is 3. The summed E-state index contributed by atoms with van der Waals surface area (Å²) in [5, 5.41) is 14.0. The van der Waals surface area contributed by atoms with E-state index in [-0.39, 0.29) is 12.1 Å². The van der Waals surface area contributed by atoms with Crippen LogP contribution in [-0.4, -0.2) is 59.3 Å². The Labute approximate surface area is 165 Å². The number of aryl methyl sites for hydroxylation is 1. The molecule has 2 aliphatic heterocycles. The summed E-state index contributed by atoms with van der Waals surface area (Å²) in [7, 11) is 0. The molecule has 1 unspecified atom stereocenters. The van der Waals surface area contributed by atoms with Crippen LogP contribution in [0.25, 0.3) is 0 Å². The van der Waals surface area contributed by atoms with Gasteiger partial charge in [0, 0.05) is 42.3 Å². The predicted octanol–water partition coefficient (Wildman–Crippen LogP) is 3.43. The van der Waals surface area contributed by atoms with Gasteiger partial charge >= 0.3 is 6.03 Å². The number of hydrogen-bond donors (Lipinski definition) is 2. The molecular formula is C19H27Cl2N3O2. The fourth-order valence-corrected chi connectivity index (χ4v) is 4.64. The van der Waals surface area contributed by atoms with Gasteiger partial charge in [-0.25, -0.2) is 4.79 Å². The second-order valence-corrected chi connectivity index (χ2v) is 8.19. The van der Waals surface area contributed by atoms with Crippen molar-refractivity contribution in [3.8, 4) is 0 Å². The molecule has 0 aromatic heterocycles. The first kappa shape index (κ1) is 19.7. The van der Waals surface area contributed by atoms with E-state index in [1.807, 2.05) is 17.9 Å². The number of aliphatic hydroxyl groups is 1. The van der Waals surface area contributed by atoms with Gasteiger partial charge in [-0.3, -0.25) is 4.90 Å². The van der Waals surface area contributed by atoms with Crippen molar-refractivity contribution in [1.29, 1.82) is 0 Å². The van der Waals surface area contributed by atoms with E-state index in [0.717, 1.165) is 63.0 Å². The van der Waals surface area contributed by atoms with Gasteiger partial charge in [0.25, 0.3) is 0 Å². The van der Waals surface area contributed by atoms with Crippen LogP contribution < -0.4 is 5.32 Å². The second kappa shape index (κ2) is 8.79. The molecule has 2 aliphatic rings. The molecule has 2 amide bonds. The molecule has 2 saturated heterocycles. The summed E-state index contributed by atoms with van der Waals surface area (Å²) in [6.45, 7) is 5.66. The lowest BCUT2D eigenvalue weighted by Crippen LogP contribution is -2.52. The first-order chi connectivity index (χ1) is 12.4. The third kappa shape index (κ3) is 4.83. The molecule has 2 heterocycles. The number of halogens is 2. The van der Waals surface area contributed by atoms with Crippen LogP contribution in [0.1, 0.15) is 36.8 Å². The third-order valence-electron chi connectivity index (χ3n) is 5.50. The fraction of sp³-hybridized carbons (Fsp3) is 0.632. The molecule has 0 radical (unpaired) electrons. The highest BCUT2D eigenvalue weighted by Gasteiger charge is 2.29. The van der Waals surface area contributed by atoms with E-state index in [0.29, 0.717) is 22.6 Å². The largest absolute Gasteiger partial charge is 0.392 e. The Kier molecular flexibility index (Phi) is 6.67. The van der Waals surface area contributed by atoms with Crippen LogP contribution in [0.5, 0.6) is 0 Å². The first-order valence-electron chi connectivity index (χ1n) is 9.33. The number of nitrogens with one attached hydrogen (secondary N) is 1. The quantitative estimate of drug-likeness (QED) is 0.818. The van der Waals surface area contributed by atoms with Crippen molar-refractivity contribution in [1.82, 2.24) is 15.1 Å². The molecule has 0 saturated carbocycles. The van der Waals surface area contributed by atoms with Gasteiger partial charge in [0.15, 0.2) is 0 Å². The highest BCUT2D eigenvalue weighted by Crippen LogP contribution is 2.25. The minimum absolute atomic E-state index is 0.0486. The number of carbonyl (C=O) groups is 1. The monoisotopic (exact) mass is 399 g/mol. The molecule has 0 spiro atoms. The van der Waals surface area contributed by atoms with Crippen molar-refractivity contribution >= 4 is 29.2 Å². The normalized spacial score (nSPS) is 22.5. The molecule has 144 valence electrons. The van der Waals surface area contributed by atoms with Gasteiger partial charge in [-0.1, -0.05) is 23.2 Å². The van der Waals surface area contributed by atoms with Crippen LogP contribution in [-0.2, 0) is 6.54 Å². The third-order valence-corrected chi connectivity index (χ3v) is 6.05. The van der Waals surface area contributed by atoms with E-state index in [4.69, 9.17) is 23.2 Å². The molecule has 1 aromatic carbocycles. The molecule has 1 atom stereocenters. The number of carbonyl (C=O) groups excluding carboxylic acids is 1. The maximum atomic E-state index is 12.5. The Balaban J connectivity index is 1.48. The number of urea groups is 1. The smallest absolute Gasteiger partial charge is 0.317 e. The molecule has 26 heavy (non-hydrogen) atoms. The maximum Gasteiger partial charge on any atom is 0.317 e. The van der Waals surface area contributed by atoms with Gasteiger partial charge in [-0.2, -0.15) is 0 Å². The highest BCUT2D eigenvalue weighted by molar-refractivity contribution is 6.35. The molecule has 2 fully saturated rings. The van der Waals surface area contributed by atoms with Crippen molar-refractivity contribution in [2.45, 2.75) is 51.3 Å². The SMILES string of the molecule is Cc1cc(Cl)cc(Cl)c1CNC(=O)N1CCC(N2CCCC(O)C2)CC1. The van der Waals surface area contributed by atoms with Crippen molar-refractivity contribution in [3.63, 3.8) is 0 Å². The second-order valence-electron chi connectivity index (χ2n) is 7.35. The van der Waals surface area contributed by atoms with E-state index in [1.54, 1.807) is 6.07 Å². The summed E-state index contributed by atoms with van der Waals surface area (Å²) in [5.41, 5.74) is 1.88. The van der Waals surface area contributed by atoms with Gasteiger partial charge in [-0.15, -0.1) is 0 Å².